The number of ketones is 1. The molecule has 10 rings (SSSR count). The number of aliphatic hydroxyl groups excluding tert-OH is 1. The van der Waals surface area contributed by atoms with Crippen molar-refractivity contribution in [2.75, 3.05) is 32.1 Å². The first-order valence-electron chi connectivity index (χ1n) is 29.3. The Labute approximate surface area is 551 Å². The van der Waals surface area contributed by atoms with E-state index in [0.29, 0.717) is 106 Å². The minimum Gasteiger partial charge on any atom is -0.481 e. The van der Waals surface area contributed by atoms with E-state index in [4.69, 9.17) is 44.4 Å². The molecule has 2 aliphatic rings. The Morgan fingerprint density at radius 2 is 1.47 bits per heavy atom. The maximum Gasteiger partial charge on any atom is 0.415 e. The summed E-state index contributed by atoms with van der Waals surface area (Å²) in [4.78, 5) is 144. The second kappa shape index (κ2) is 30.1. The Morgan fingerprint density at radius 1 is 0.739 bits per heavy atom. The second-order valence-corrected chi connectivity index (χ2v) is 28.0. The summed E-state index contributed by atoms with van der Waals surface area (Å²) in [5.74, 6) is -5.62. The van der Waals surface area contributed by atoms with Gasteiger partial charge < -0.3 is 46.1 Å². The average Bonchev–Trinajstić information content (AvgIpc) is 1.62. The van der Waals surface area contributed by atoms with Crippen LogP contribution in [-0.2, 0) is 35.3 Å². The number of rotatable bonds is 17. The van der Waals surface area contributed by atoms with Gasteiger partial charge in [-0.1, -0.05) is 50.6 Å². The predicted octanol–water partition coefficient (Wildman–Crippen LogP) is 10.0. The van der Waals surface area contributed by atoms with Crippen molar-refractivity contribution in [1.29, 1.82) is 0 Å². The highest BCUT2D eigenvalue weighted by Crippen LogP contribution is 2.41. The van der Waals surface area contributed by atoms with Gasteiger partial charge in [-0.05, 0) is 62.6 Å². The number of aliphatic carboxylic acids is 2. The number of carbonyl (C=O) groups is 8. The van der Waals surface area contributed by atoms with E-state index in [9.17, 15) is 53.7 Å². The van der Waals surface area contributed by atoms with Crippen molar-refractivity contribution < 1.29 is 63.1 Å². The van der Waals surface area contributed by atoms with Crippen LogP contribution in [-0.4, -0.2) is 131 Å². The number of aliphatic hydroxyl groups is 1. The lowest BCUT2D eigenvalue weighted by Crippen LogP contribution is -2.40. The maximum atomic E-state index is 14.4. The van der Waals surface area contributed by atoms with Gasteiger partial charge in [0.1, 0.15) is 83.3 Å². The molecule has 8 aromatic rings. The molecule has 1 aliphatic heterocycles. The molecule has 92 heavy (non-hydrogen) atoms. The molecule has 482 valence electrons. The molecule has 0 saturated heterocycles. The van der Waals surface area contributed by atoms with E-state index in [0.717, 1.165) is 22.7 Å². The zero-order valence-corrected chi connectivity index (χ0v) is 55.2. The van der Waals surface area contributed by atoms with Crippen LogP contribution in [0.2, 0.25) is 0 Å². The molecule has 8 heterocycles. The van der Waals surface area contributed by atoms with Gasteiger partial charge in [0.2, 0.25) is 11.8 Å². The fourth-order valence-corrected chi connectivity index (χ4v) is 16.1. The van der Waals surface area contributed by atoms with Crippen LogP contribution >= 0.6 is 68.0 Å². The molecule has 0 radical (unpaired) electrons. The van der Waals surface area contributed by atoms with Crippen LogP contribution in [0, 0.1) is 18.8 Å². The van der Waals surface area contributed by atoms with Crippen LogP contribution in [0.5, 0.6) is 0 Å². The highest BCUT2D eigenvalue weighted by molar-refractivity contribution is 7.15. The third-order valence-electron chi connectivity index (χ3n) is 15.4. The van der Waals surface area contributed by atoms with E-state index in [1.165, 1.54) is 64.4 Å². The molecule has 5 amide bonds. The average molecular weight is 1370 g/mol. The summed E-state index contributed by atoms with van der Waals surface area (Å²) < 4.78 is 11.3. The first kappa shape index (κ1) is 66.7. The molecule has 7 aromatic heterocycles. The Balaban J connectivity index is 1.04. The monoisotopic (exact) mass is 1360 g/mol. The number of nitrogens with one attached hydrogen (secondary N) is 4. The van der Waals surface area contributed by atoms with Gasteiger partial charge in [-0.2, -0.15) is 0 Å². The van der Waals surface area contributed by atoms with Gasteiger partial charge in [-0.25, -0.2) is 39.7 Å². The van der Waals surface area contributed by atoms with Gasteiger partial charge in [-0.3, -0.25) is 38.5 Å². The number of carboxylic acid groups (broad SMARTS) is 2. The smallest absolute Gasteiger partial charge is 0.415 e. The number of Topliss-reactive ketones (excluding diaryl/α,β-unsaturated/α-hetero) is 1. The number of benzene rings is 1. The number of unbranched alkanes of at least 4 members (excludes halogenated alkanes) is 2. The van der Waals surface area contributed by atoms with Crippen molar-refractivity contribution >= 4 is 121 Å². The van der Waals surface area contributed by atoms with Gasteiger partial charge in [0.25, 0.3) is 11.8 Å². The number of amides is 5. The van der Waals surface area contributed by atoms with Crippen LogP contribution in [0.15, 0.2) is 64.0 Å². The Morgan fingerprint density at radius 3 is 2.21 bits per heavy atom. The molecule has 6 atom stereocenters. The third-order valence-corrected chi connectivity index (χ3v) is 21.1. The number of hydrogen-bond donors (Lipinski definition) is 7. The number of fused-ring (bicyclic) bond motifs is 14. The van der Waals surface area contributed by atoms with Crippen LogP contribution < -0.4 is 26.2 Å². The van der Waals surface area contributed by atoms with E-state index >= 15 is 0 Å². The Hall–Kier alpha value is -8.17. The lowest BCUT2D eigenvalue weighted by atomic mass is 9.90. The number of anilines is 1. The van der Waals surface area contributed by atoms with E-state index < -0.39 is 84.3 Å². The Bertz CT molecular complexity index is 4030. The van der Waals surface area contributed by atoms with Crippen molar-refractivity contribution in [3.05, 3.63) is 111 Å². The predicted molar refractivity (Wildman–Crippen MR) is 347 cm³/mol. The van der Waals surface area contributed by atoms with Crippen molar-refractivity contribution in [3.8, 4) is 43.4 Å². The summed E-state index contributed by atoms with van der Waals surface area (Å²) in [6, 6.07) is 10.1. The highest BCUT2D eigenvalue weighted by Gasteiger charge is 2.36. The topological polar surface area (TPSA) is 357 Å². The fraction of sp³-hybridized carbons (Fsp3) is 0.393. The zero-order chi connectivity index (χ0) is 65.3. The molecular formula is C61H64N12O13S6. The SMILES string of the molecule is CNC(=O)C[C@@H]1NC(=O)c2csc(n2)-c2ccc(-c3nc(N(CCCCCC(=O)O)C(=O)O[C@H]4CC[C@H](C(=O)O)C4)cs3)nc2-c2csc(n2)-c2csc(n2)[C@H]([C@@H](O)c2ccccc2)NC(=O)CNC(=O)c2nc(sc2COC)C(C(C)C)CC(=O)c2nc1sc2C. The van der Waals surface area contributed by atoms with Crippen LogP contribution in [0.4, 0.5) is 10.6 Å². The largest absolute Gasteiger partial charge is 0.481 e. The molecule has 1 aromatic carbocycles. The van der Waals surface area contributed by atoms with E-state index in [1.54, 1.807) is 70.9 Å². The summed E-state index contributed by atoms with van der Waals surface area (Å²) in [7, 11) is 2.95. The number of thiazole rings is 6. The van der Waals surface area contributed by atoms with Crippen LogP contribution in [0.25, 0.3) is 43.4 Å². The first-order valence-corrected chi connectivity index (χ1v) is 34.5. The van der Waals surface area contributed by atoms with Crippen LogP contribution in [0.1, 0.15) is 158 Å². The number of methoxy groups -OCH3 is 1. The molecule has 1 unspecified atom stereocenters. The standard InChI is InChI=1S/C61H64N12O13S6/c1-29(2)35-21-41(74)47-30(3)91-58(71-47)37(22-44(75)62-4)65-52(80)39-26-87-54(67-39)34-17-18-36(56-69-43(28-90-56)73(19-11-7-10-14-46(77)78)61(84)86-33-16-15-32(20-33)60(82)83)64-48(34)38-25-88-57(66-38)40-27-89-59(68-40)50(51(79)31-12-8-6-9-13-31)70-45(76)23-63-53(81)49-42(24-85-5)92-55(35)72-49/h6,8-9,12-13,17-18,25-29,32-33,35,37,50-51,79H,7,10-11,14-16,19-24H2,1-5H3,(H,62,75)(H,63,81)(H,65,80)(H,70,76)(H,77,78)(H,82,83)/t32-,33-,35?,37-,50-,51-/m0/s1. The molecule has 10 bridgehead atoms. The van der Waals surface area contributed by atoms with Gasteiger partial charge in [0, 0.05) is 71.4 Å². The van der Waals surface area contributed by atoms with E-state index in [2.05, 4.69) is 21.3 Å². The van der Waals surface area contributed by atoms with Crippen LogP contribution in [0.3, 0.4) is 0 Å². The quantitative estimate of drug-likeness (QED) is 0.0417. The summed E-state index contributed by atoms with van der Waals surface area (Å²) >= 11 is 7.14. The van der Waals surface area contributed by atoms with E-state index in [-0.39, 0.29) is 73.4 Å². The van der Waals surface area contributed by atoms with Gasteiger partial charge in [-0.15, -0.1) is 68.0 Å². The molecule has 1 fully saturated rings. The number of nitrogens with zero attached hydrogens (tertiary/aromatic N) is 8. The number of aryl methyl sites for hydroxylation is 1. The minimum absolute atomic E-state index is 0.00322. The number of pyridine rings is 1. The second-order valence-electron chi connectivity index (χ2n) is 22.1. The molecule has 0 spiro atoms. The first-order chi connectivity index (χ1) is 44.2. The molecule has 31 heteroatoms. The molecular weight excluding hydrogens is 1300 g/mol. The van der Waals surface area contributed by atoms with E-state index in [1.807, 2.05) is 13.8 Å². The molecule has 1 saturated carbocycles. The molecule has 7 N–H and O–H groups in total. The Kier molecular flexibility index (Phi) is 21.8. The summed E-state index contributed by atoms with van der Waals surface area (Å²) in [6.45, 7) is 5.23. The van der Waals surface area contributed by atoms with Gasteiger partial charge in [0.15, 0.2) is 5.78 Å². The van der Waals surface area contributed by atoms with Gasteiger partial charge >= 0.3 is 18.0 Å². The minimum atomic E-state index is -1.30. The number of hydrogen-bond acceptors (Lipinski definition) is 24. The number of carboxylic acids is 2. The van der Waals surface area contributed by atoms with Crippen molar-refractivity contribution in [2.24, 2.45) is 11.8 Å². The normalized spacial score (nSPS) is 18.4. The lowest BCUT2D eigenvalue weighted by Gasteiger charge is -2.23. The van der Waals surface area contributed by atoms with Crippen molar-refractivity contribution in [3.63, 3.8) is 0 Å². The maximum absolute atomic E-state index is 14.4. The highest BCUT2D eigenvalue weighted by atomic mass is 32.1. The lowest BCUT2D eigenvalue weighted by molar-refractivity contribution is -0.142. The summed E-state index contributed by atoms with van der Waals surface area (Å²) in [6.07, 6.45) is -0.769. The third kappa shape index (κ3) is 15.8. The number of carbonyl (C=O) groups excluding carboxylic acids is 6. The van der Waals surface area contributed by atoms with Gasteiger partial charge in [0.05, 0.1) is 47.1 Å². The fourth-order valence-electron chi connectivity index (χ4n) is 10.5. The zero-order valence-electron chi connectivity index (χ0n) is 50.3. The molecule has 25 nitrogen and oxygen atoms in total. The molecule has 1 aliphatic carbocycles. The number of aromatic nitrogens is 7. The van der Waals surface area contributed by atoms with Crippen molar-refractivity contribution in [2.45, 2.75) is 115 Å². The summed E-state index contributed by atoms with van der Waals surface area (Å²) in [5, 5.41) is 51.0. The number of ether oxygens (including phenoxy) is 2. The van der Waals surface area contributed by atoms with Crippen molar-refractivity contribution in [1.82, 2.24) is 56.2 Å². The summed E-state index contributed by atoms with van der Waals surface area (Å²) in [5.41, 5.74) is 2.56.